The number of hydrogen-bond donors (Lipinski definition) is 2. The van der Waals surface area contributed by atoms with Gasteiger partial charge in [-0.1, -0.05) is 41.9 Å². The molecule has 0 spiro atoms. The third-order valence-electron chi connectivity index (χ3n) is 2.66. The molecule has 1 amide bonds. The topological polar surface area (TPSA) is 55.1 Å². The molecule has 4 heteroatoms. The van der Waals surface area contributed by atoms with Crippen molar-refractivity contribution in [2.75, 3.05) is 0 Å². The van der Waals surface area contributed by atoms with Crippen LogP contribution in [0.25, 0.3) is 0 Å². The molecule has 0 aliphatic rings. The van der Waals surface area contributed by atoms with Crippen LogP contribution in [0.1, 0.15) is 25.8 Å². The van der Waals surface area contributed by atoms with Crippen LogP contribution in [0.2, 0.25) is 0 Å². The van der Waals surface area contributed by atoms with Crippen LogP contribution < -0.4 is 11.1 Å². The number of halogens is 1. The van der Waals surface area contributed by atoms with E-state index in [-0.39, 0.29) is 11.9 Å². The van der Waals surface area contributed by atoms with Gasteiger partial charge in [0.05, 0.1) is 0 Å². The SMILES string of the molecule is CC(C)C(N)CC(=O)NCc1cccc(Br)c1. The van der Waals surface area contributed by atoms with E-state index in [9.17, 15) is 4.79 Å². The van der Waals surface area contributed by atoms with Gasteiger partial charge in [0, 0.05) is 23.5 Å². The Bertz CT molecular complexity index is 379. The van der Waals surface area contributed by atoms with E-state index in [1.54, 1.807) is 0 Å². The summed E-state index contributed by atoms with van der Waals surface area (Å²) in [6.07, 6.45) is 0.381. The maximum atomic E-state index is 11.6. The van der Waals surface area contributed by atoms with E-state index < -0.39 is 0 Å². The van der Waals surface area contributed by atoms with Crippen molar-refractivity contribution in [2.45, 2.75) is 32.9 Å². The molecule has 3 nitrogen and oxygen atoms in total. The molecule has 94 valence electrons. The molecule has 1 unspecified atom stereocenters. The van der Waals surface area contributed by atoms with E-state index in [0.717, 1.165) is 10.0 Å². The zero-order chi connectivity index (χ0) is 12.8. The Kier molecular flexibility index (Phi) is 5.65. The Labute approximate surface area is 111 Å². The lowest BCUT2D eigenvalue weighted by Crippen LogP contribution is -2.34. The molecular formula is C13H19BrN2O. The van der Waals surface area contributed by atoms with Crippen LogP contribution in [-0.4, -0.2) is 11.9 Å². The second-order valence-corrected chi connectivity index (χ2v) is 5.43. The van der Waals surface area contributed by atoms with E-state index in [2.05, 4.69) is 21.2 Å². The average Bonchev–Trinajstić information content (AvgIpc) is 2.26. The quantitative estimate of drug-likeness (QED) is 0.877. The number of hydrogen-bond acceptors (Lipinski definition) is 2. The van der Waals surface area contributed by atoms with Crippen molar-refractivity contribution in [3.05, 3.63) is 34.3 Å². The Morgan fingerprint density at radius 3 is 2.76 bits per heavy atom. The number of rotatable bonds is 5. The number of amides is 1. The number of carbonyl (C=O) groups excluding carboxylic acids is 1. The molecule has 0 fully saturated rings. The van der Waals surface area contributed by atoms with Crippen molar-refractivity contribution >= 4 is 21.8 Å². The van der Waals surface area contributed by atoms with Crippen LogP contribution in [0.4, 0.5) is 0 Å². The Hall–Kier alpha value is -0.870. The summed E-state index contributed by atoms with van der Waals surface area (Å²) < 4.78 is 1.02. The molecule has 0 aromatic heterocycles. The van der Waals surface area contributed by atoms with Crippen molar-refractivity contribution < 1.29 is 4.79 Å². The van der Waals surface area contributed by atoms with Crippen molar-refractivity contribution in [1.29, 1.82) is 0 Å². The Balaban J connectivity index is 2.38. The van der Waals surface area contributed by atoms with Crippen molar-refractivity contribution in [3.63, 3.8) is 0 Å². The molecule has 0 aliphatic carbocycles. The van der Waals surface area contributed by atoms with Crippen molar-refractivity contribution in [3.8, 4) is 0 Å². The molecule has 17 heavy (non-hydrogen) atoms. The van der Waals surface area contributed by atoms with Crippen LogP contribution in [0, 0.1) is 5.92 Å². The molecule has 1 atom stereocenters. The third-order valence-corrected chi connectivity index (χ3v) is 3.15. The second kappa shape index (κ2) is 6.77. The molecular weight excluding hydrogens is 280 g/mol. The van der Waals surface area contributed by atoms with Crippen molar-refractivity contribution in [2.24, 2.45) is 11.7 Å². The number of nitrogens with two attached hydrogens (primary N) is 1. The lowest BCUT2D eigenvalue weighted by molar-refractivity contribution is -0.121. The number of carbonyl (C=O) groups is 1. The van der Waals surface area contributed by atoms with Gasteiger partial charge in [-0.2, -0.15) is 0 Å². The monoisotopic (exact) mass is 298 g/mol. The normalized spacial score (nSPS) is 12.5. The van der Waals surface area contributed by atoms with E-state index in [1.165, 1.54) is 0 Å². The molecule has 0 radical (unpaired) electrons. The highest BCUT2D eigenvalue weighted by molar-refractivity contribution is 9.10. The predicted molar refractivity (Wildman–Crippen MR) is 73.4 cm³/mol. The van der Waals surface area contributed by atoms with Crippen LogP contribution >= 0.6 is 15.9 Å². The van der Waals surface area contributed by atoms with Gasteiger partial charge in [-0.15, -0.1) is 0 Å². The van der Waals surface area contributed by atoms with Gasteiger partial charge in [0.15, 0.2) is 0 Å². The highest BCUT2D eigenvalue weighted by Crippen LogP contribution is 2.11. The first-order valence-electron chi connectivity index (χ1n) is 5.75. The molecule has 1 rings (SSSR count). The van der Waals surface area contributed by atoms with Crippen LogP contribution in [-0.2, 0) is 11.3 Å². The van der Waals surface area contributed by atoms with Gasteiger partial charge in [-0.25, -0.2) is 0 Å². The fourth-order valence-corrected chi connectivity index (χ4v) is 1.82. The minimum atomic E-state index is -0.0718. The minimum absolute atomic E-state index is 0.00572. The molecule has 0 saturated carbocycles. The van der Waals surface area contributed by atoms with Crippen LogP contribution in [0.3, 0.4) is 0 Å². The van der Waals surface area contributed by atoms with E-state index in [4.69, 9.17) is 5.73 Å². The third kappa shape index (κ3) is 5.33. The summed E-state index contributed by atoms with van der Waals surface area (Å²) in [6, 6.07) is 7.80. The first-order chi connectivity index (χ1) is 7.99. The molecule has 1 aromatic rings. The van der Waals surface area contributed by atoms with Gasteiger partial charge in [-0.05, 0) is 23.6 Å². The minimum Gasteiger partial charge on any atom is -0.352 e. The highest BCUT2D eigenvalue weighted by atomic mass is 79.9. The fourth-order valence-electron chi connectivity index (χ4n) is 1.37. The van der Waals surface area contributed by atoms with E-state index in [0.29, 0.717) is 18.9 Å². The highest BCUT2D eigenvalue weighted by Gasteiger charge is 2.12. The Morgan fingerprint density at radius 2 is 2.18 bits per heavy atom. The van der Waals surface area contributed by atoms with E-state index in [1.807, 2.05) is 38.1 Å². The van der Waals surface area contributed by atoms with Gasteiger partial charge >= 0.3 is 0 Å². The summed E-state index contributed by atoms with van der Waals surface area (Å²) in [5.41, 5.74) is 6.92. The van der Waals surface area contributed by atoms with Gasteiger partial charge < -0.3 is 11.1 Å². The van der Waals surface area contributed by atoms with Gasteiger partial charge in [-0.3, -0.25) is 4.79 Å². The summed E-state index contributed by atoms with van der Waals surface area (Å²) in [4.78, 5) is 11.6. The molecule has 1 aromatic carbocycles. The summed E-state index contributed by atoms with van der Waals surface area (Å²) in [5.74, 6) is 0.331. The second-order valence-electron chi connectivity index (χ2n) is 4.52. The Morgan fingerprint density at radius 1 is 1.47 bits per heavy atom. The van der Waals surface area contributed by atoms with E-state index >= 15 is 0 Å². The summed E-state index contributed by atoms with van der Waals surface area (Å²) in [7, 11) is 0. The smallest absolute Gasteiger partial charge is 0.221 e. The first kappa shape index (κ1) is 14.2. The van der Waals surface area contributed by atoms with Gasteiger partial charge in [0.25, 0.3) is 0 Å². The molecule has 0 saturated heterocycles. The summed E-state index contributed by atoms with van der Waals surface area (Å²) in [6.45, 7) is 4.58. The maximum absolute atomic E-state index is 11.6. The molecule has 3 N–H and O–H groups in total. The number of benzene rings is 1. The lowest BCUT2D eigenvalue weighted by atomic mass is 10.0. The summed E-state index contributed by atoms with van der Waals surface area (Å²) in [5, 5.41) is 2.87. The van der Waals surface area contributed by atoms with Gasteiger partial charge in [0.1, 0.15) is 0 Å². The lowest BCUT2D eigenvalue weighted by Gasteiger charge is -2.15. The molecule has 0 heterocycles. The fraction of sp³-hybridized carbons (Fsp3) is 0.462. The average molecular weight is 299 g/mol. The standard InChI is InChI=1S/C13H19BrN2O/c1-9(2)12(15)7-13(17)16-8-10-4-3-5-11(14)6-10/h3-6,9,12H,7-8,15H2,1-2H3,(H,16,17). The number of nitrogens with one attached hydrogen (secondary N) is 1. The van der Waals surface area contributed by atoms with Gasteiger partial charge in [0.2, 0.25) is 5.91 Å². The maximum Gasteiger partial charge on any atom is 0.221 e. The largest absolute Gasteiger partial charge is 0.352 e. The molecule has 0 bridgehead atoms. The van der Waals surface area contributed by atoms with Crippen LogP contribution in [0.15, 0.2) is 28.7 Å². The predicted octanol–water partition coefficient (Wildman–Crippen LogP) is 2.44. The molecule has 0 aliphatic heterocycles. The van der Waals surface area contributed by atoms with Crippen molar-refractivity contribution in [1.82, 2.24) is 5.32 Å². The van der Waals surface area contributed by atoms with Crippen LogP contribution in [0.5, 0.6) is 0 Å². The first-order valence-corrected chi connectivity index (χ1v) is 6.55. The summed E-state index contributed by atoms with van der Waals surface area (Å²) >= 11 is 3.40. The zero-order valence-electron chi connectivity index (χ0n) is 10.2. The zero-order valence-corrected chi connectivity index (χ0v) is 11.8.